The van der Waals surface area contributed by atoms with E-state index < -0.39 is 0 Å². The lowest BCUT2D eigenvalue weighted by molar-refractivity contribution is -0.155. The van der Waals surface area contributed by atoms with E-state index in [1.165, 1.54) is 24.8 Å². The van der Waals surface area contributed by atoms with Gasteiger partial charge in [0.15, 0.2) is 6.61 Å². The van der Waals surface area contributed by atoms with Crippen molar-refractivity contribution in [3.63, 3.8) is 0 Å². The highest BCUT2D eigenvalue weighted by atomic mass is 16.5. The molecule has 0 unspecified atom stereocenters. The fourth-order valence-corrected chi connectivity index (χ4v) is 2.44. The predicted octanol–water partition coefficient (Wildman–Crippen LogP) is 2.34. The van der Waals surface area contributed by atoms with Crippen molar-refractivity contribution in [1.29, 1.82) is 0 Å². The number of rotatable bonds is 6. The molecule has 1 fully saturated rings. The van der Waals surface area contributed by atoms with Crippen LogP contribution in [0.5, 0.6) is 0 Å². The van der Waals surface area contributed by atoms with Gasteiger partial charge in [-0.2, -0.15) is 0 Å². The summed E-state index contributed by atoms with van der Waals surface area (Å²) in [6, 6.07) is 0. The predicted molar refractivity (Wildman–Crippen MR) is 72.5 cm³/mol. The molecule has 19 heavy (non-hydrogen) atoms. The summed E-state index contributed by atoms with van der Waals surface area (Å²) in [6.07, 6.45) is 11.0. The second kappa shape index (κ2) is 7.31. The third-order valence-electron chi connectivity index (χ3n) is 3.94. The number of amides is 1. The maximum atomic E-state index is 11.5. The Morgan fingerprint density at radius 1 is 1.26 bits per heavy atom. The van der Waals surface area contributed by atoms with E-state index in [9.17, 15) is 9.59 Å². The highest BCUT2D eigenvalue weighted by molar-refractivity contribution is 5.81. The maximum absolute atomic E-state index is 11.5. The van der Waals surface area contributed by atoms with Gasteiger partial charge in [0.05, 0.1) is 5.92 Å². The van der Waals surface area contributed by atoms with E-state index in [-0.39, 0.29) is 24.4 Å². The van der Waals surface area contributed by atoms with E-state index in [2.05, 4.69) is 11.4 Å². The van der Waals surface area contributed by atoms with Gasteiger partial charge in [-0.25, -0.2) is 0 Å². The number of esters is 1. The molecular weight excluding hydrogens is 242 g/mol. The Balaban J connectivity index is 1.54. The third kappa shape index (κ3) is 4.69. The zero-order chi connectivity index (χ0) is 13.5. The molecule has 0 aromatic rings. The molecule has 2 aliphatic rings. The van der Waals surface area contributed by atoms with Crippen molar-refractivity contribution in [3.8, 4) is 0 Å². The van der Waals surface area contributed by atoms with Crippen molar-refractivity contribution in [3.05, 3.63) is 11.6 Å². The second-order valence-electron chi connectivity index (χ2n) is 5.44. The lowest BCUT2D eigenvalue weighted by Gasteiger charge is -2.22. The number of hydrogen-bond acceptors (Lipinski definition) is 3. The minimum atomic E-state index is -0.212. The summed E-state index contributed by atoms with van der Waals surface area (Å²) in [5.74, 6) is -0.360. The topological polar surface area (TPSA) is 55.4 Å². The zero-order valence-electron chi connectivity index (χ0n) is 11.5. The van der Waals surface area contributed by atoms with Crippen molar-refractivity contribution in [2.75, 3.05) is 13.2 Å². The normalized spacial score (nSPS) is 19.3. The molecule has 2 aliphatic carbocycles. The third-order valence-corrected chi connectivity index (χ3v) is 3.94. The van der Waals surface area contributed by atoms with Crippen LogP contribution >= 0.6 is 0 Å². The fraction of sp³-hybridized carbons (Fsp3) is 0.733. The van der Waals surface area contributed by atoms with E-state index in [1.807, 2.05) is 0 Å². The molecule has 0 aromatic heterocycles. The van der Waals surface area contributed by atoms with Gasteiger partial charge in [0.2, 0.25) is 0 Å². The first kappa shape index (κ1) is 14.1. The van der Waals surface area contributed by atoms with Crippen molar-refractivity contribution in [2.45, 2.75) is 51.4 Å². The number of allylic oxidation sites excluding steroid dienone is 1. The number of hydrogen-bond donors (Lipinski definition) is 1. The van der Waals surface area contributed by atoms with Gasteiger partial charge in [0.1, 0.15) is 0 Å². The van der Waals surface area contributed by atoms with Crippen LogP contribution in [0.1, 0.15) is 51.4 Å². The van der Waals surface area contributed by atoms with Crippen LogP contribution in [0.3, 0.4) is 0 Å². The molecular formula is C15H23NO3. The number of ether oxygens (including phenoxy) is 1. The first-order chi connectivity index (χ1) is 9.25. The maximum Gasteiger partial charge on any atom is 0.309 e. The molecule has 0 bridgehead atoms. The summed E-state index contributed by atoms with van der Waals surface area (Å²) in [5, 5.41) is 2.80. The molecule has 2 rings (SSSR count). The molecule has 0 aliphatic heterocycles. The molecule has 0 radical (unpaired) electrons. The second-order valence-corrected chi connectivity index (χ2v) is 5.44. The van der Waals surface area contributed by atoms with Crippen LogP contribution in [0.2, 0.25) is 0 Å². The van der Waals surface area contributed by atoms with E-state index in [0.29, 0.717) is 6.54 Å². The molecule has 0 saturated heterocycles. The standard InChI is InChI=1S/C15H23NO3/c17-14(11-19-15(18)13-7-4-8-13)16-10-9-12-5-2-1-3-6-12/h5,13H,1-4,6-11H2,(H,16,17). The van der Waals surface area contributed by atoms with Gasteiger partial charge in [-0.1, -0.05) is 18.1 Å². The van der Waals surface area contributed by atoms with Crippen molar-refractivity contribution in [1.82, 2.24) is 5.32 Å². The molecule has 4 nitrogen and oxygen atoms in total. The van der Waals surface area contributed by atoms with E-state index in [0.717, 1.165) is 32.1 Å². The Labute approximate surface area is 114 Å². The van der Waals surface area contributed by atoms with Gasteiger partial charge < -0.3 is 10.1 Å². The first-order valence-electron chi connectivity index (χ1n) is 7.37. The van der Waals surface area contributed by atoms with Crippen LogP contribution in [0, 0.1) is 5.92 Å². The average molecular weight is 265 g/mol. The van der Waals surface area contributed by atoms with Gasteiger partial charge >= 0.3 is 5.97 Å². The molecule has 0 spiro atoms. The quantitative estimate of drug-likeness (QED) is 0.592. The summed E-state index contributed by atoms with van der Waals surface area (Å²) in [5.41, 5.74) is 1.44. The zero-order valence-corrected chi connectivity index (χ0v) is 11.5. The fourth-order valence-electron chi connectivity index (χ4n) is 2.44. The Morgan fingerprint density at radius 3 is 2.74 bits per heavy atom. The summed E-state index contributed by atoms with van der Waals surface area (Å²) < 4.78 is 4.98. The van der Waals surface area contributed by atoms with Crippen molar-refractivity contribution >= 4 is 11.9 Å². The Morgan fingerprint density at radius 2 is 2.11 bits per heavy atom. The molecule has 0 atom stereocenters. The monoisotopic (exact) mass is 265 g/mol. The molecule has 4 heteroatoms. The van der Waals surface area contributed by atoms with E-state index in [1.54, 1.807) is 0 Å². The van der Waals surface area contributed by atoms with Crippen molar-refractivity contribution in [2.24, 2.45) is 5.92 Å². The smallest absolute Gasteiger partial charge is 0.309 e. The number of carbonyl (C=O) groups is 2. The summed E-state index contributed by atoms with van der Waals surface area (Å²) in [4.78, 5) is 22.9. The van der Waals surface area contributed by atoms with Gasteiger partial charge in [0, 0.05) is 6.54 Å². The van der Waals surface area contributed by atoms with Crippen LogP contribution in [0.25, 0.3) is 0 Å². The van der Waals surface area contributed by atoms with Crippen LogP contribution in [-0.4, -0.2) is 25.0 Å². The minimum absolute atomic E-state index is 0.0418. The molecule has 106 valence electrons. The molecule has 0 heterocycles. The van der Waals surface area contributed by atoms with Crippen LogP contribution < -0.4 is 5.32 Å². The Kier molecular flexibility index (Phi) is 5.43. The highest BCUT2D eigenvalue weighted by Gasteiger charge is 2.26. The van der Waals surface area contributed by atoms with Crippen LogP contribution in [0.4, 0.5) is 0 Å². The van der Waals surface area contributed by atoms with Gasteiger partial charge in [0.25, 0.3) is 5.91 Å². The molecule has 1 amide bonds. The SMILES string of the molecule is O=C(COC(=O)C1CCC1)NCCC1=CCCCC1. The van der Waals surface area contributed by atoms with Gasteiger partial charge in [-0.3, -0.25) is 9.59 Å². The average Bonchev–Trinajstić information content (AvgIpc) is 2.36. The minimum Gasteiger partial charge on any atom is -0.455 e. The molecule has 1 saturated carbocycles. The van der Waals surface area contributed by atoms with Gasteiger partial charge in [-0.15, -0.1) is 0 Å². The van der Waals surface area contributed by atoms with Crippen LogP contribution in [0.15, 0.2) is 11.6 Å². The number of nitrogens with one attached hydrogen (secondary N) is 1. The molecule has 0 aromatic carbocycles. The summed E-state index contributed by atoms with van der Waals surface area (Å²) in [7, 11) is 0. The highest BCUT2D eigenvalue weighted by Crippen LogP contribution is 2.27. The first-order valence-corrected chi connectivity index (χ1v) is 7.37. The van der Waals surface area contributed by atoms with Crippen LogP contribution in [-0.2, 0) is 14.3 Å². The number of carbonyl (C=O) groups excluding carboxylic acids is 2. The van der Waals surface area contributed by atoms with Gasteiger partial charge in [-0.05, 0) is 44.9 Å². The molecule has 1 N–H and O–H groups in total. The largest absolute Gasteiger partial charge is 0.455 e. The van der Waals surface area contributed by atoms with E-state index in [4.69, 9.17) is 4.74 Å². The summed E-state index contributed by atoms with van der Waals surface area (Å²) >= 11 is 0. The summed E-state index contributed by atoms with van der Waals surface area (Å²) in [6.45, 7) is 0.514. The lowest BCUT2D eigenvalue weighted by Crippen LogP contribution is -2.32. The Hall–Kier alpha value is -1.32. The lowest BCUT2D eigenvalue weighted by atomic mass is 9.86. The van der Waals surface area contributed by atoms with Crippen molar-refractivity contribution < 1.29 is 14.3 Å². The van der Waals surface area contributed by atoms with E-state index >= 15 is 0 Å². The Bertz CT molecular complexity index is 358.